The van der Waals surface area contributed by atoms with Gasteiger partial charge in [0.25, 0.3) is 0 Å². The predicted octanol–water partition coefficient (Wildman–Crippen LogP) is 3.73. The summed E-state index contributed by atoms with van der Waals surface area (Å²) in [5.41, 5.74) is 3.33. The van der Waals surface area contributed by atoms with Gasteiger partial charge in [-0.2, -0.15) is 0 Å². The van der Waals surface area contributed by atoms with E-state index in [1.807, 2.05) is 18.4 Å². The number of benzene rings is 1. The van der Waals surface area contributed by atoms with Crippen LogP contribution in [0.4, 0.5) is 0 Å². The highest BCUT2D eigenvalue weighted by atomic mass is 32.2. The van der Waals surface area contributed by atoms with Crippen molar-refractivity contribution in [2.24, 2.45) is 0 Å². The van der Waals surface area contributed by atoms with Gasteiger partial charge < -0.3 is 5.11 Å². The maximum Gasteiger partial charge on any atom is 0.338 e. The molecule has 3 nitrogen and oxygen atoms in total. The maximum absolute atomic E-state index is 11.1. The predicted molar refractivity (Wildman–Crippen MR) is 77.8 cm³/mol. The summed E-state index contributed by atoms with van der Waals surface area (Å²) in [4.78, 5) is 15.5. The molecule has 2 aromatic rings. The third kappa shape index (κ3) is 2.96. The minimum atomic E-state index is -0.940. The third-order valence-corrected chi connectivity index (χ3v) is 3.64. The maximum atomic E-state index is 11.1. The zero-order chi connectivity index (χ0) is 13.8. The summed E-state index contributed by atoms with van der Waals surface area (Å²) in [5.74, 6) is -0.940. The Balaban J connectivity index is 2.42. The first-order chi connectivity index (χ1) is 9.15. The van der Waals surface area contributed by atoms with Gasteiger partial charge >= 0.3 is 5.97 Å². The first-order valence-corrected chi connectivity index (χ1v) is 7.25. The molecule has 0 atom stereocenters. The molecule has 0 aliphatic rings. The van der Waals surface area contributed by atoms with Crippen molar-refractivity contribution < 1.29 is 9.90 Å². The molecule has 1 N–H and O–H groups in total. The van der Waals surface area contributed by atoms with Gasteiger partial charge in [-0.1, -0.05) is 31.2 Å². The minimum absolute atomic E-state index is 0.251. The van der Waals surface area contributed by atoms with Crippen LogP contribution in [0.25, 0.3) is 11.3 Å². The zero-order valence-corrected chi connectivity index (χ0v) is 11.7. The summed E-state index contributed by atoms with van der Waals surface area (Å²) < 4.78 is 0. The Kier molecular flexibility index (Phi) is 4.22. The SMILES string of the molecule is CCc1ccc(-c2ccc(C(=O)O)c(SC)n2)cc1. The van der Waals surface area contributed by atoms with Crippen LogP contribution < -0.4 is 0 Å². The lowest BCUT2D eigenvalue weighted by molar-refractivity contribution is 0.0692. The monoisotopic (exact) mass is 273 g/mol. The second-order valence-electron chi connectivity index (χ2n) is 4.11. The molecule has 19 heavy (non-hydrogen) atoms. The van der Waals surface area contributed by atoms with E-state index in [1.165, 1.54) is 17.3 Å². The van der Waals surface area contributed by atoms with Crippen LogP contribution in [0.3, 0.4) is 0 Å². The molecule has 0 saturated heterocycles. The highest BCUT2D eigenvalue weighted by molar-refractivity contribution is 7.98. The van der Waals surface area contributed by atoms with Gasteiger partial charge in [-0.05, 0) is 30.4 Å². The Morgan fingerprint density at radius 2 is 1.89 bits per heavy atom. The minimum Gasteiger partial charge on any atom is -0.478 e. The van der Waals surface area contributed by atoms with Gasteiger partial charge in [0.15, 0.2) is 0 Å². The second-order valence-corrected chi connectivity index (χ2v) is 4.90. The molecule has 0 spiro atoms. The van der Waals surface area contributed by atoms with E-state index in [0.29, 0.717) is 5.03 Å². The van der Waals surface area contributed by atoms with Crippen molar-refractivity contribution in [3.05, 3.63) is 47.5 Å². The van der Waals surface area contributed by atoms with Crippen LogP contribution in [-0.2, 0) is 6.42 Å². The van der Waals surface area contributed by atoms with Crippen molar-refractivity contribution in [3.8, 4) is 11.3 Å². The third-order valence-electron chi connectivity index (χ3n) is 2.94. The summed E-state index contributed by atoms with van der Waals surface area (Å²) in [5, 5.41) is 9.62. The van der Waals surface area contributed by atoms with Crippen LogP contribution in [-0.4, -0.2) is 22.3 Å². The van der Waals surface area contributed by atoms with Crippen LogP contribution in [0, 0.1) is 0 Å². The van der Waals surface area contributed by atoms with Gasteiger partial charge in [-0.3, -0.25) is 0 Å². The van der Waals surface area contributed by atoms with Gasteiger partial charge in [-0.25, -0.2) is 9.78 Å². The summed E-state index contributed by atoms with van der Waals surface area (Å²) in [7, 11) is 0. The molecule has 1 aromatic carbocycles. The van der Waals surface area contributed by atoms with E-state index in [9.17, 15) is 4.79 Å². The molecule has 0 bridgehead atoms. The van der Waals surface area contributed by atoms with E-state index in [2.05, 4.69) is 24.0 Å². The number of aromatic carboxylic acids is 1. The van der Waals surface area contributed by atoms with Crippen molar-refractivity contribution in [1.82, 2.24) is 4.98 Å². The molecule has 4 heteroatoms. The van der Waals surface area contributed by atoms with Gasteiger partial charge in [0.05, 0.1) is 11.3 Å². The number of thioether (sulfide) groups is 1. The van der Waals surface area contributed by atoms with E-state index < -0.39 is 5.97 Å². The summed E-state index contributed by atoms with van der Waals surface area (Å²) in [6, 6.07) is 11.5. The molecule has 0 unspecified atom stereocenters. The Hall–Kier alpha value is -1.81. The van der Waals surface area contributed by atoms with Crippen LogP contribution in [0.2, 0.25) is 0 Å². The number of aromatic nitrogens is 1. The standard InChI is InChI=1S/C15H15NO2S/c1-3-10-4-6-11(7-5-10)13-9-8-12(15(17)18)14(16-13)19-2/h4-9H,3H2,1-2H3,(H,17,18). The fourth-order valence-electron chi connectivity index (χ4n) is 1.83. The molecular weight excluding hydrogens is 258 g/mol. The Bertz CT molecular complexity index is 594. The van der Waals surface area contributed by atoms with E-state index >= 15 is 0 Å². The molecule has 0 fully saturated rings. The highest BCUT2D eigenvalue weighted by Gasteiger charge is 2.12. The van der Waals surface area contributed by atoms with Crippen molar-refractivity contribution in [3.63, 3.8) is 0 Å². The smallest absolute Gasteiger partial charge is 0.338 e. The van der Waals surface area contributed by atoms with E-state index in [4.69, 9.17) is 5.11 Å². The fourth-order valence-corrected chi connectivity index (χ4v) is 2.40. The van der Waals surface area contributed by atoms with Gasteiger partial charge in [0.2, 0.25) is 0 Å². The number of rotatable bonds is 4. The number of hydrogen-bond donors (Lipinski definition) is 1. The summed E-state index contributed by atoms with van der Waals surface area (Å²) in [6.45, 7) is 2.11. The molecule has 2 rings (SSSR count). The zero-order valence-electron chi connectivity index (χ0n) is 10.9. The van der Waals surface area contributed by atoms with E-state index in [0.717, 1.165) is 17.7 Å². The number of hydrogen-bond acceptors (Lipinski definition) is 3. The van der Waals surface area contributed by atoms with Gasteiger partial charge in [0.1, 0.15) is 5.03 Å². The molecule has 1 aromatic heterocycles. The van der Waals surface area contributed by atoms with E-state index in [-0.39, 0.29) is 5.56 Å². The summed E-state index contributed by atoms with van der Waals surface area (Å²) >= 11 is 1.35. The number of carboxylic acids is 1. The molecule has 0 radical (unpaired) electrons. The quantitative estimate of drug-likeness (QED) is 0.862. The first kappa shape index (κ1) is 13.6. The molecular formula is C15H15NO2S. The summed E-state index contributed by atoms with van der Waals surface area (Å²) in [6.07, 6.45) is 2.83. The fraction of sp³-hybridized carbons (Fsp3) is 0.200. The van der Waals surface area contributed by atoms with Crippen LogP contribution in [0.1, 0.15) is 22.8 Å². The lowest BCUT2D eigenvalue weighted by Crippen LogP contribution is -2.01. The average Bonchev–Trinajstić information content (AvgIpc) is 2.46. The molecule has 98 valence electrons. The van der Waals surface area contributed by atoms with Crippen molar-refractivity contribution >= 4 is 17.7 Å². The highest BCUT2D eigenvalue weighted by Crippen LogP contribution is 2.24. The van der Waals surface area contributed by atoms with Gasteiger partial charge in [0, 0.05) is 5.56 Å². The molecule has 0 aliphatic carbocycles. The second kappa shape index (κ2) is 5.89. The largest absolute Gasteiger partial charge is 0.478 e. The number of aryl methyl sites for hydroxylation is 1. The Morgan fingerprint density at radius 3 is 2.42 bits per heavy atom. The topological polar surface area (TPSA) is 50.2 Å². The molecule has 0 saturated carbocycles. The molecule has 0 aliphatic heterocycles. The van der Waals surface area contributed by atoms with Crippen LogP contribution >= 0.6 is 11.8 Å². The Morgan fingerprint density at radius 1 is 1.21 bits per heavy atom. The number of nitrogens with zero attached hydrogens (tertiary/aromatic N) is 1. The lowest BCUT2D eigenvalue weighted by atomic mass is 10.1. The van der Waals surface area contributed by atoms with Crippen LogP contribution in [0.15, 0.2) is 41.4 Å². The molecule has 0 amide bonds. The first-order valence-electron chi connectivity index (χ1n) is 6.03. The van der Waals surface area contributed by atoms with Crippen molar-refractivity contribution in [2.45, 2.75) is 18.4 Å². The normalized spacial score (nSPS) is 10.4. The lowest BCUT2D eigenvalue weighted by Gasteiger charge is -2.07. The Labute approximate surface area is 116 Å². The van der Waals surface area contributed by atoms with Crippen LogP contribution in [0.5, 0.6) is 0 Å². The van der Waals surface area contributed by atoms with Crippen molar-refractivity contribution in [1.29, 1.82) is 0 Å². The van der Waals surface area contributed by atoms with E-state index in [1.54, 1.807) is 12.1 Å². The van der Waals surface area contributed by atoms with Crippen molar-refractivity contribution in [2.75, 3.05) is 6.26 Å². The number of pyridine rings is 1. The molecule has 1 heterocycles. The number of carbonyl (C=O) groups is 1. The number of carboxylic acid groups (broad SMARTS) is 1. The average molecular weight is 273 g/mol. The van der Waals surface area contributed by atoms with Gasteiger partial charge in [-0.15, -0.1) is 11.8 Å².